The van der Waals surface area contributed by atoms with Crippen LogP contribution < -0.4 is 10.6 Å². The number of para-hydroxylation sites is 1. The Bertz CT molecular complexity index is 303. The molecule has 16 heavy (non-hydrogen) atoms. The molecule has 2 N–H and O–H groups in total. The van der Waals surface area contributed by atoms with Gasteiger partial charge in [-0.05, 0) is 25.5 Å². The van der Waals surface area contributed by atoms with Crippen molar-refractivity contribution in [1.82, 2.24) is 5.32 Å². The zero-order valence-electron chi connectivity index (χ0n) is 9.69. The smallest absolute Gasteiger partial charge is 0.239 e. The predicted octanol–water partition coefficient (Wildman–Crippen LogP) is 2.44. The number of benzene rings is 1. The van der Waals surface area contributed by atoms with E-state index >= 15 is 0 Å². The molecule has 0 heterocycles. The van der Waals surface area contributed by atoms with Crippen molar-refractivity contribution in [3.8, 4) is 0 Å². The first-order valence-corrected chi connectivity index (χ1v) is 5.30. The lowest BCUT2D eigenvalue weighted by Gasteiger charge is -2.12. The molecule has 4 heteroatoms. The van der Waals surface area contributed by atoms with Crippen molar-refractivity contribution in [2.45, 2.75) is 26.3 Å². The molecule has 0 aromatic heterocycles. The minimum Gasteiger partial charge on any atom is -0.376 e. The molecular formula is C12H19ClN2O. The Kier molecular flexibility index (Phi) is 7.38. The molecule has 1 unspecified atom stereocenters. The largest absolute Gasteiger partial charge is 0.376 e. The van der Waals surface area contributed by atoms with Crippen molar-refractivity contribution in [1.29, 1.82) is 0 Å². The molecule has 3 nitrogen and oxygen atoms in total. The molecule has 1 atom stereocenters. The number of hydrogen-bond donors (Lipinski definition) is 2. The van der Waals surface area contributed by atoms with Crippen LogP contribution >= 0.6 is 12.4 Å². The van der Waals surface area contributed by atoms with Crippen molar-refractivity contribution in [2.75, 3.05) is 11.9 Å². The Morgan fingerprint density at radius 3 is 2.50 bits per heavy atom. The van der Waals surface area contributed by atoms with Crippen molar-refractivity contribution < 1.29 is 4.79 Å². The van der Waals surface area contributed by atoms with Crippen LogP contribution in [0.3, 0.4) is 0 Å². The lowest BCUT2D eigenvalue weighted by atomic mass is 10.2. The summed E-state index contributed by atoms with van der Waals surface area (Å²) in [6.45, 7) is 4.38. The Morgan fingerprint density at radius 1 is 1.31 bits per heavy atom. The summed E-state index contributed by atoms with van der Waals surface area (Å²) in [7, 11) is 0. The van der Waals surface area contributed by atoms with Crippen LogP contribution in [0.5, 0.6) is 0 Å². The number of rotatable bonds is 5. The predicted molar refractivity (Wildman–Crippen MR) is 70.1 cm³/mol. The number of carbonyl (C=O) groups is 1. The van der Waals surface area contributed by atoms with Crippen molar-refractivity contribution in [3.63, 3.8) is 0 Å². The molecular weight excluding hydrogens is 224 g/mol. The van der Waals surface area contributed by atoms with Crippen molar-refractivity contribution in [3.05, 3.63) is 30.3 Å². The Balaban J connectivity index is 0.00000225. The molecule has 1 aromatic rings. The fourth-order valence-corrected chi connectivity index (χ4v) is 1.17. The highest BCUT2D eigenvalue weighted by Crippen LogP contribution is 2.03. The number of halogens is 1. The van der Waals surface area contributed by atoms with Crippen LogP contribution in [0.25, 0.3) is 0 Å². The van der Waals surface area contributed by atoms with E-state index < -0.39 is 0 Å². The molecule has 90 valence electrons. The van der Waals surface area contributed by atoms with Crippen LogP contribution in [0.4, 0.5) is 5.69 Å². The number of anilines is 1. The van der Waals surface area contributed by atoms with Crippen LogP contribution in [0, 0.1) is 0 Å². The average Bonchev–Trinajstić information content (AvgIpc) is 2.27. The topological polar surface area (TPSA) is 41.1 Å². The summed E-state index contributed by atoms with van der Waals surface area (Å²) < 4.78 is 0. The van der Waals surface area contributed by atoms with E-state index in [0.29, 0.717) is 6.54 Å². The summed E-state index contributed by atoms with van der Waals surface area (Å²) in [6.07, 6.45) is 0.955. The molecule has 0 saturated heterocycles. The summed E-state index contributed by atoms with van der Waals surface area (Å²) in [5.74, 6) is 0.0354. The normalized spacial score (nSPS) is 11.1. The van der Waals surface area contributed by atoms with Gasteiger partial charge in [0.15, 0.2) is 0 Å². The number of hydrogen-bond acceptors (Lipinski definition) is 2. The Hall–Kier alpha value is -1.22. The van der Waals surface area contributed by atoms with E-state index in [1.807, 2.05) is 37.3 Å². The van der Waals surface area contributed by atoms with E-state index in [2.05, 4.69) is 17.6 Å². The lowest BCUT2D eigenvalue weighted by molar-refractivity contribution is -0.120. The van der Waals surface area contributed by atoms with Gasteiger partial charge in [-0.2, -0.15) is 0 Å². The minimum atomic E-state index is 0. The van der Waals surface area contributed by atoms with E-state index in [1.54, 1.807) is 0 Å². The van der Waals surface area contributed by atoms with E-state index in [4.69, 9.17) is 0 Å². The van der Waals surface area contributed by atoms with Gasteiger partial charge in [-0.3, -0.25) is 4.79 Å². The lowest BCUT2D eigenvalue weighted by Crippen LogP contribution is -2.36. The third kappa shape index (κ3) is 5.61. The average molecular weight is 243 g/mol. The second-order valence-electron chi connectivity index (χ2n) is 3.60. The first-order chi connectivity index (χ1) is 7.22. The van der Waals surface area contributed by atoms with E-state index in [-0.39, 0.29) is 24.4 Å². The second-order valence-corrected chi connectivity index (χ2v) is 3.60. The first-order valence-electron chi connectivity index (χ1n) is 5.30. The minimum absolute atomic E-state index is 0. The van der Waals surface area contributed by atoms with Crippen LogP contribution in [-0.4, -0.2) is 18.5 Å². The zero-order valence-corrected chi connectivity index (χ0v) is 10.5. The van der Waals surface area contributed by atoms with Gasteiger partial charge in [-0.1, -0.05) is 25.1 Å². The van der Waals surface area contributed by atoms with Gasteiger partial charge in [0.1, 0.15) is 0 Å². The van der Waals surface area contributed by atoms with Gasteiger partial charge >= 0.3 is 0 Å². The monoisotopic (exact) mass is 242 g/mol. The summed E-state index contributed by atoms with van der Waals surface area (Å²) in [5, 5.41) is 5.96. The number of carbonyl (C=O) groups excluding carboxylic acids is 1. The van der Waals surface area contributed by atoms with Gasteiger partial charge in [0.25, 0.3) is 0 Å². The quantitative estimate of drug-likeness (QED) is 0.833. The van der Waals surface area contributed by atoms with Crippen molar-refractivity contribution >= 4 is 24.0 Å². The van der Waals surface area contributed by atoms with Gasteiger partial charge in [0.05, 0.1) is 6.54 Å². The summed E-state index contributed by atoms with van der Waals surface area (Å²) in [4.78, 5) is 11.4. The van der Waals surface area contributed by atoms with Gasteiger partial charge < -0.3 is 10.6 Å². The highest BCUT2D eigenvalue weighted by Gasteiger charge is 2.04. The highest BCUT2D eigenvalue weighted by atomic mass is 35.5. The molecule has 0 spiro atoms. The van der Waals surface area contributed by atoms with Gasteiger partial charge in [-0.15, -0.1) is 12.4 Å². The van der Waals surface area contributed by atoms with Crippen LogP contribution in [0.2, 0.25) is 0 Å². The molecule has 0 saturated carbocycles. The molecule has 1 rings (SSSR count). The maximum absolute atomic E-state index is 11.4. The third-order valence-electron chi connectivity index (χ3n) is 2.25. The maximum atomic E-state index is 11.4. The number of amides is 1. The van der Waals surface area contributed by atoms with Gasteiger partial charge in [-0.25, -0.2) is 0 Å². The standard InChI is InChI=1S/C12H18N2O.ClH/c1-3-10(2)14-12(15)9-13-11-7-5-4-6-8-11;/h4-8,10,13H,3,9H2,1-2H3,(H,14,15);1H. The van der Waals surface area contributed by atoms with Crippen LogP contribution in [0.15, 0.2) is 30.3 Å². The van der Waals surface area contributed by atoms with Crippen LogP contribution in [0.1, 0.15) is 20.3 Å². The molecule has 1 amide bonds. The van der Waals surface area contributed by atoms with Gasteiger partial charge in [0, 0.05) is 11.7 Å². The SMILES string of the molecule is CCC(C)NC(=O)CNc1ccccc1.Cl. The summed E-state index contributed by atoms with van der Waals surface area (Å²) >= 11 is 0. The summed E-state index contributed by atoms with van der Waals surface area (Å²) in [6, 6.07) is 9.96. The molecule has 0 aliphatic carbocycles. The maximum Gasteiger partial charge on any atom is 0.239 e. The fraction of sp³-hybridized carbons (Fsp3) is 0.417. The van der Waals surface area contributed by atoms with E-state index in [0.717, 1.165) is 12.1 Å². The Labute approximate surface area is 103 Å². The molecule has 1 aromatic carbocycles. The third-order valence-corrected chi connectivity index (χ3v) is 2.25. The molecule has 0 radical (unpaired) electrons. The van der Waals surface area contributed by atoms with E-state index in [1.165, 1.54) is 0 Å². The fourth-order valence-electron chi connectivity index (χ4n) is 1.17. The number of nitrogens with one attached hydrogen (secondary N) is 2. The molecule has 0 aliphatic heterocycles. The van der Waals surface area contributed by atoms with E-state index in [9.17, 15) is 4.79 Å². The molecule has 0 aliphatic rings. The zero-order chi connectivity index (χ0) is 11.1. The summed E-state index contributed by atoms with van der Waals surface area (Å²) in [5.41, 5.74) is 0.969. The van der Waals surface area contributed by atoms with Gasteiger partial charge in [0.2, 0.25) is 5.91 Å². The Morgan fingerprint density at radius 2 is 1.94 bits per heavy atom. The second kappa shape index (κ2) is 7.99. The first kappa shape index (κ1) is 14.8. The molecule has 0 fully saturated rings. The highest BCUT2D eigenvalue weighted by molar-refractivity contribution is 5.85. The van der Waals surface area contributed by atoms with Crippen LogP contribution in [-0.2, 0) is 4.79 Å². The van der Waals surface area contributed by atoms with Crippen molar-refractivity contribution in [2.24, 2.45) is 0 Å². The molecule has 0 bridgehead atoms.